The number of rotatable bonds is 5. The van der Waals surface area contributed by atoms with Crippen LogP contribution in [0.25, 0.3) is 0 Å². The average molecular weight is 202 g/mol. The Morgan fingerprint density at radius 3 is 2.44 bits per heavy atom. The second-order valence-corrected chi connectivity index (χ2v) is 6.94. The maximum absolute atomic E-state index is 10.8. The lowest BCUT2D eigenvalue weighted by Gasteiger charge is -1.94. The van der Waals surface area contributed by atoms with E-state index in [-0.39, 0.29) is 0 Å². The van der Waals surface area contributed by atoms with E-state index in [1.54, 1.807) is 23.5 Å². The third-order valence-electron chi connectivity index (χ3n) is 0.511. The van der Waals surface area contributed by atoms with Crippen molar-refractivity contribution in [1.82, 2.24) is 0 Å². The monoisotopic (exact) mass is 202 g/mol. The molecule has 0 fully saturated rings. The minimum atomic E-state index is -0.661. The maximum Gasteiger partial charge on any atom is 0.0913 e. The van der Waals surface area contributed by atoms with E-state index in [0.29, 0.717) is 0 Å². The Morgan fingerprint density at radius 2 is 2.00 bits per heavy atom. The van der Waals surface area contributed by atoms with Crippen LogP contribution in [0, 0.1) is 0 Å². The lowest BCUT2D eigenvalue weighted by molar-refractivity contribution is 0.694. The minimum absolute atomic E-state index is 0.661. The molecule has 0 N–H and O–H groups in total. The van der Waals surface area contributed by atoms with E-state index in [9.17, 15) is 4.21 Å². The second-order valence-electron chi connectivity index (χ2n) is 1.23. The zero-order valence-electron chi connectivity index (χ0n) is 5.46. The van der Waals surface area contributed by atoms with Crippen molar-refractivity contribution >= 4 is 44.1 Å². The predicted molar refractivity (Wildman–Crippen MR) is 52.5 cm³/mol. The number of hydrogen-bond acceptors (Lipinski definition) is 4. The van der Waals surface area contributed by atoms with Crippen LogP contribution in [0.2, 0.25) is 0 Å². The molecule has 0 aliphatic carbocycles. The van der Waals surface area contributed by atoms with Crippen LogP contribution in [-0.4, -0.2) is 26.9 Å². The Bertz CT molecular complexity index is 84.6. The van der Waals surface area contributed by atoms with E-state index in [4.69, 9.17) is 0 Å². The van der Waals surface area contributed by atoms with Gasteiger partial charge in [-0.2, -0.15) is 23.5 Å². The van der Waals surface area contributed by atoms with Crippen LogP contribution >= 0.6 is 34.3 Å². The zero-order chi connectivity index (χ0) is 7.11. The predicted octanol–water partition coefficient (Wildman–Crippen LogP) is 2.02. The fraction of sp³-hybridized carbons (Fsp3) is 1.00. The fourth-order valence-electron chi connectivity index (χ4n) is 0.232. The van der Waals surface area contributed by atoms with Crippen molar-refractivity contribution in [3.8, 4) is 0 Å². The molecule has 0 amide bonds. The molecule has 9 heavy (non-hydrogen) atoms. The van der Waals surface area contributed by atoms with Crippen LogP contribution in [0.4, 0.5) is 0 Å². The van der Waals surface area contributed by atoms with Gasteiger partial charge in [-0.05, 0) is 23.3 Å². The molecule has 5 heteroatoms. The summed E-state index contributed by atoms with van der Waals surface area (Å²) in [6.07, 6.45) is 3.99. The van der Waals surface area contributed by atoms with Gasteiger partial charge in [-0.1, -0.05) is 0 Å². The molecule has 1 nitrogen and oxygen atoms in total. The minimum Gasteiger partial charge on any atom is -0.247 e. The van der Waals surface area contributed by atoms with E-state index in [1.807, 2.05) is 12.5 Å². The van der Waals surface area contributed by atoms with Gasteiger partial charge in [0.2, 0.25) is 0 Å². The number of thioether (sulfide) groups is 2. The first-order valence-corrected chi connectivity index (χ1v) is 7.91. The van der Waals surface area contributed by atoms with Crippen LogP contribution < -0.4 is 0 Å². The van der Waals surface area contributed by atoms with Crippen molar-refractivity contribution < 1.29 is 4.21 Å². The normalized spacial score (nSPS) is 13.6. The Morgan fingerprint density at radius 1 is 1.33 bits per heavy atom. The molecule has 0 heterocycles. The molecule has 1 atom stereocenters. The molecule has 0 aromatic rings. The van der Waals surface area contributed by atoms with Crippen molar-refractivity contribution in [1.29, 1.82) is 0 Å². The molecule has 0 radical (unpaired) electrons. The van der Waals surface area contributed by atoms with Crippen LogP contribution in [-0.2, 0) is 9.83 Å². The third-order valence-corrected chi connectivity index (χ3v) is 6.34. The fourth-order valence-corrected chi connectivity index (χ4v) is 5.40. The summed E-state index contributed by atoms with van der Waals surface area (Å²) in [4.78, 5) is 0. The summed E-state index contributed by atoms with van der Waals surface area (Å²) >= 11 is 3.35. The quantitative estimate of drug-likeness (QED) is 0.501. The lowest BCUT2D eigenvalue weighted by atomic mass is 11.9. The van der Waals surface area contributed by atoms with E-state index < -0.39 is 9.83 Å². The summed E-state index contributed by atoms with van der Waals surface area (Å²) in [5.41, 5.74) is 0. The van der Waals surface area contributed by atoms with Crippen molar-refractivity contribution in [2.45, 2.75) is 0 Å². The molecule has 0 rings (SSSR count). The Balaban J connectivity index is 3.06. The highest BCUT2D eigenvalue weighted by atomic mass is 33.1. The van der Waals surface area contributed by atoms with Crippen molar-refractivity contribution in [2.24, 2.45) is 0 Å². The van der Waals surface area contributed by atoms with Crippen LogP contribution in [0.15, 0.2) is 0 Å². The van der Waals surface area contributed by atoms with Gasteiger partial charge in [-0.15, -0.1) is 0 Å². The van der Waals surface area contributed by atoms with Crippen LogP contribution in [0.5, 0.6) is 0 Å². The van der Waals surface area contributed by atoms with Crippen LogP contribution in [0.1, 0.15) is 0 Å². The average Bonchev–Trinajstić information content (AvgIpc) is 1.85. The van der Waals surface area contributed by atoms with Gasteiger partial charge in [-0.25, -0.2) is 4.21 Å². The summed E-state index contributed by atoms with van der Waals surface area (Å²) in [5, 5.41) is 1.69. The molecule has 0 spiro atoms. The summed E-state index contributed by atoms with van der Waals surface area (Å²) in [5.74, 6) is 0. The Labute approximate surface area is 71.0 Å². The molecule has 0 aliphatic rings. The van der Waals surface area contributed by atoms with Gasteiger partial charge < -0.3 is 0 Å². The molecule has 0 saturated heterocycles. The smallest absolute Gasteiger partial charge is 0.0913 e. The first kappa shape index (κ1) is 10.2. The molecular weight excluding hydrogens is 192 g/mol. The largest absolute Gasteiger partial charge is 0.247 e. The van der Waals surface area contributed by atoms with Crippen molar-refractivity contribution in [2.75, 3.05) is 22.7 Å². The zero-order valence-corrected chi connectivity index (χ0v) is 8.72. The van der Waals surface area contributed by atoms with E-state index >= 15 is 0 Å². The first-order chi connectivity index (χ1) is 4.31. The topological polar surface area (TPSA) is 17.1 Å². The summed E-state index contributed by atoms with van der Waals surface area (Å²) in [7, 11) is 0.854. The Kier molecular flexibility index (Phi) is 8.28. The Hall–Kier alpha value is 1.20. The SMILES string of the molecule is CSCSS(=O)CSC. The summed E-state index contributed by atoms with van der Waals surface area (Å²) in [6.45, 7) is 0. The van der Waals surface area contributed by atoms with Gasteiger partial charge >= 0.3 is 0 Å². The van der Waals surface area contributed by atoms with Gasteiger partial charge in [0.15, 0.2) is 0 Å². The van der Waals surface area contributed by atoms with Crippen molar-refractivity contribution in [3.63, 3.8) is 0 Å². The van der Waals surface area contributed by atoms with Gasteiger partial charge in [0.1, 0.15) is 0 Å². The van der Waals surface area contributed by atoms with E-state index in [0.717, 1.165) is 10.2 Å². The molecule has 0 aliphatic heterocycles. The maximum atomic E-state index is 10.8. The van der Waals surface area contributed by atoms with Gasteiger partial charge in [0.25, 0.3) is 0 Å². The molecule has 0 aromatic heterocycles. The molecule has 0 aromatic carbocycles. The van der Waals surface area contributed by atoms with Crippen molar-refractivity contribution in [3.05, 3.63) is 0 Å². The van der Waals surface area contributed by atoms with Gasteiger partial charge in [-0.3, -0.25) is 0 Å². The molecule has 0 saturated carbocycles. The first-order valence-electron chi connectivity index (χ1n) is 2.30. The summed E-state index contributed by atoms with van der Waals surface area (Å²) in [6, 6.07) is 0. The third kappa shape index (κ3) is 7.09. The standard InChI is InChI=1S/C4H10OS4/c1-6-3-8-9(5)4-7-2/h3-4H2,1-2H3. The highest BCUT2D eigenvalue weighted by Crippen LogP contribution is 2.15. The van der Waals surface area contributed by atoms with Gasteiger partial charge in [0, 0.05) is 0 Å². The van der Waals surface area contributed by atoms with E-state index in [2.05, 4.69) is 0 Å². The lowest BCUT2D eigenvalue weighted by Crippen LogP contribution is -1.85. The van der Waals surface area contributed by atoms with E-state index in [1.165, 1.54) is 10.8 Å². The van der Waals surface area contributed by atoms with Gasteiger partial charge in [0.05, 0.1) is 20.0 Å². The highest BCUT2D eigenvalue weighted by Gasteiger charge is 1.95. The molecule has 56 valence electrons. The molecule has 1 unspecified atom stereocenters. The molecular formula is C4H10OS4. The highest BCUT2D eigenvalue weighted by molar-refractivity contribution is 8.72. The number of hydrogen-bond donors (Lipinski definition) is 0. The van der Waals surface area contributed by atoms with Crippen LogP contribution in [0.3, 0.4) is 0 Å². The molecule has 0 bridgehead atoms. The second kappa shape index (κ2) is 7.31. The summed E-state index contributed by atoms with van der Waals surface area (Å²) < 4.78 is 10.8.